The van der Waals surface area contributed by atoms with Gasteiger partial charge in [0.05, 0.1) is 5.56 Å². The fraction of sp³-hybridized carbons (Fsp3) is 0.417. The second kappa shape index (κ2) is 3.71. The Morgan fingerprint density at radius 2 is 2.06 bits per heavy atom. The van der Waals surface area contributed by atoms with Crippen LogP contribution in [0.1, 0.15) is 35.2 Å². The molecule has 1 aromatic carbocycles. The highest BCUT2D eigenvalue weighted by Crippen LogP contribution is 2.50. The minimum atomic E-state index is -0.332. The van der Waals surface area contributed by atoms with Gasteiger partial charge in [0.2, 0.25) is 6.79 Å². The van der Waals surface area contributed by atoms with Crippen LogP contribution in [0, 0.1) is 0 Å². The summed E-state index contributed by atoms with van der Waals surface area (Å²) in [4.78, 5) is 11.0. The number of fused-ring (bicyclic) bond motifs is 1. The summed E-state index contributed by atoms with van der Waals surface area (Å²) in [7, 11) is 0. The number of carbonyl (C=O) groups excluding carboxylic acids is 1. The summed E-state index contributed by atoms with van der Waals surface area (Å²) in [5, 5.41) is 0. The van der Waals surface area contributed by atoms with E-state index in [1.54, 1.807) is 0 Å². The van der Waals surface area contributed by atoms with Crippen LogP contribution in [0.15, 0.2) is 10.5 Å². The third-order valence-electron chi connectivity index (χ3n) is 3.53. The van der Waals surface area contributed by atoms with Crippen molar-refractivity contribution in [3.8, 4) is 11.5 Å². The van der Waals surface area contributed by atoms with Crippen molar-refractivity contribution in [3.63, 3.8) is 0 Å². The zero-order valence-electron chi connectivity index (χ0n) is 9.16. The maximum Gasteiger partial charge on any atom is 0.231 e. The standard InChI is InChI=1S/C12H12BrNO3/c13-9-4-8(12(14)2-1-3-12)11-10(7(9)5-15)16-6-17-11/h4-5H,1-3,6,14H2. The Balaban J connectivity index is 2.21. The van der Waals surface area contributed by atoms with Gasteiger partial charge < -0.3 is 15.2 Å². The Hall–Kier alpha value is -1.07. The average Bonchev–Trinajstić information content (AvgIpc) is 2.73. The van der Waals surface area contributed by atoms with Crippen molar-refractivity contribution < 1.29 is 14.3 Å². The van der Waals surface area contributed by atoms with E-state index in [2.05, 4.69) is 15.9 Å². The number of carbonyl (C=O) groups is 1. The number of hydrogen-bond donors (Lipinski definition) is 1. The summed E-state index contributed by atoms with van der Waals surface area (Å²) in [6, 6.07) is 1.89. The van der Waals surface area contributed by atoms with Crippen molar-refractivity contribution in [2.45, 2.75) is 24.8 Å². The van der Waals surface area contributed by atoms with Crippen LogP contribution < -0.4 is 15.2 Å². The van der Waals surface area contributed by atoms with E-state index in [4.69, 9.17) is 15.2 Å². The average molecular weight is 298 g/mol. The Bertz CT molecular complexity index is 497. The third kappa shape index (κ3) is 1.49. The molecule has 5 heteroatoms. The predicted octanol–water partition coefficient (Wildman–Crippen LogP) is 2.33. The van der Waals surface area contributed by atoms with Gasteiger partial charge in [0.15, 0.2) is 17.8 Å². The molecule has 4 nitrogen and oxygen atoms in total. The lowest BCUT2D eigenvalue weighted by atomic mass is 9.72. The number of benzene rings is 1. The molecule has 2 aliphatic rings. The van der Waals surface area contributed by atoms with Crippen molar-refractivity contribution in [1.29, 1.82) is 0 Å². The second-order valence-electron chi connectivity index (χ2n) is 4.51. The Morgan fingerprint density at radius 3 is 2.65 bits per heavy atom. The topological polar surface area (TPSA) is 61.6 Å². The maximum absolute atomic E-state index is 11.0. The van der Waals surface area contributed by atoms with E-state index in [9.17, 15) is 4.79 Å². The lowest BCUT2D eigenvalue weighted by Gasteiger charge is -2.39. The first-order chi connectivity index (χ1) is 8.15. The molecule has 0 atom stereocenters. The first-order valence-corrected chi connectivity index (χ1v) is 6.32. The van der Waals surface area contributed by atoms with E-state index in [-0.39, 0.29) is 12.3 Å². The Labute approximate surface area is 107 Å². The van der Waals surface area contributed by atoms with Crippen molar-refractivity contribution in [3.05, 3.63) is 21.7 Å². The fourth-order valence-electron chi connectivity index (χ4n) is 2.36. The number of aldehydes is 1. The molecule has 1 heterocycles. The van der Waals surface area contributed by atoms with Crippen LogP contribution >= 0.6 is 15.9 Å². The third-order valence-corrected chi connectivity index (χ3v) is 4.19. The van der Waals surface area contributed by atoms with Crippen LogP contribution in [0.5, 0.6) is 11.5 Å². The maximum atomic E-state index is 11.0. The summed E-state index contributed by atoms with van der Waals surface area (Å²) in [5.41, 5.74) is 7.41. The number of rotatable bonds is 2. The Morgan fingerprint density at radius 1 is 1.35 bits per heavy atom. The van der Waals surface area contributed by atoms with Gasteiger partial charge in [0.1, 0.15) is 0 Å². The first kappa shape index (κ1) is 11.0. The molecule has 1 fully saturated rings. The molecular formula is C12H12BrNO3. The fourth-order valence-corrected chi connectivity index (χ4v) is 2.87. The van der Waals surface area contributed by atoms with Crippen LogP contribution in [0.4, 0.5) is 0 Å². The van der Waals surface area contributed by atoms with E-state index in [0.29, 0.717) is 21.5 Å². The number of hydrogen-bond acceptors (Lipinski definition) is 4. The minimum Gasteiger partial charge on any atom is -0.453 e. The summed E-state index contributed by atoms with van der Waals surface area (Å²) in [5.74, 6) is 1.15. The molecule has 1 aliphatic carbocycles. The highest BCUT2D eigenvalue weighted by Gasteiger charge is 2.40. The second-order valence-corrected chi connectivity index (χ2v) is 5.37. The predicted molar refractivity (Wildman–Crippen MR) is 65.4 cm³/mol. The summed E-state index contributed by atoms with van der Waals surface area (Å²) in [6.45, 7) is 0.149. The SMILES string of the molecule is NC1(c2cc(Br)c(C=O)c3c2OCO3)CCC1. The van der Waals surface area contributed by atoms with E-state index in [1.165, 1.54) is 0 Å². The molecule has 17 heavy (non-hydrogen) atoms. The van der Waals surface area contributed by atoms with Gasteiger partial charge in [-0.1, -0.05) is 0 Å². The van der Waals surface area contributed by atoms with Crippen molar-refractivity contribution in [2.75, 3.05) is 6.79 Å². The lowest BCUT2D eigenvalue weighted by Crippen LogP contribution is -2.43. The molecule has 2 N–H and O–H groups in total. The molecule has 0 unspecified atom stereocenters. The molecule has 0 spiro atoms. The molecule has 0 bridgehead atoms. The van der Waals surface area contributed by atoms with Crippen molar-refractivity contribution in [2.24, 2.45) is 5.73 Å². The molecule has 1 aliphatic heterocycles. The number of halogens is 1. The van der Waals surface area contributed by atoms with E-state index >= 15 is 0 Å². The lowest BCUT2D eigenvalue weighted by molar-refractivity contribution is 0.111. The first-order valence-electron chi connectivity index (χ1n) is 5.52. The van der Waals surface area contributed by atoms with E-state index < -0.39 is 0 Å². The van der Waals surface area contributed by atoms with Gasteiger partial charge in [-0.05, 0) is 41.3 Å². The van der Waals surface area contributed by atoms with Crippen LogP contribution in [0.2, 0.25) is 0 Å². The molecule has 0 saturated heterocycles. The van der Waals surface area contributed by atoms with Gasteiger partial charge in [-0.3, -0.25) is 4.79 Å². The molecule has 0 aromatic heterocycles. The van der Waals surface area contributed by atoms with Gasteiger partial charge in [0.25, 0.3) is 0 Å². The highest BCUT2D eigenvalue weighted by molar-refractivity contribution is 9.10. The quantitative estimate of drug-likeness (QED) is 0.851. The van der Waals surface area contributed by atoms with Gasteiger partial charge in [-0.2, -0.15) is 0 Å². The molecule has 1 saturated carbocycles. The van der Waals surface area contributed by atoms with Crippen LogP contribution in [0.3, 0.4) is 0 Å². The highest BCUT2D eigenvalue weighted by atomic mass is 79.9. The van der Waals surface area contributed by atoms with Gasteiger partial charge >= 0.3 is 0 Å². The van der Waals surface area contributed by atoms with Gasteiger partial charge in [-0.25, -0.2) is 0 Å². The van der Waals surface area contributed by atoms with E-state index in [0.717, 1.165) is 31.1 Å². The molecule has 0 radical (unpaired) electrons. The normalized spacial score (nSPS) is 19.9. The monoisotopic (exact) mass is 297 g/mol. The molecule has 90 valence electrons. The zero-order valence-corrected chi connectivity index (χ0v) is 10.7. The Kier molecular flexibility index (Phi) is 2.41. The molecule has 3 rings (SSSR count). The summed E-state index contributed by atoms with van der Waals surface area (Å²) < 4.78 is 11.5. The van der Waals surface area contributed by atoms with E-state index in [1.807, 2.05) is 6.07 Å². The zero-order chi connectivity index (χ0) is 12.0. The van der Waals surface area contributed by atoms with Crippen LogP contribution in [0.25, 0.3) is 0 Å². The number of nitrogens with two attached hydrogens (primary N) is 1. The minimum absolute atomic E-state index is 0.149. The van der Waals surface area contributed by atoms with Crippen LogP contribution in [-0.4, -0.2) is 13.1 Å². The molecule has 0 amide bonds. The smallest absolute Gasteiger partial charge is 0.231 e. The largest absolute Gasteiger partial charge is 0.453 e. The van der Waals surface area contributed by atoms with Crippen molar-refractivity contribution >= 4 is 22.2 Å². The summed E-state index contributed by atoms with van der Waals surface area (Å²) in [6.07, 6.45) is 3.77. The molecule has 1 aromatic rings. The van der Waals surface area contributed by atoms with Crippen LogP contribution in [-0.2, 0) is 5.54 Å². The molecular weight excluding hydrogens is 286 g/mol. The van der Waals surface area contributed by atoms with Gasteiger partial charge in [-0.15, -0.1) is 0 Å². The summed E-state index contributed by atoms with van der Waals surface area (Å²) >= 11 is 3.38. The number of ether oxygens (including phenoxy) is 2. The van der Waals surface area contributed by atoms with Crippen molar-refractivity contribution in [1.82, 2.24) is 0 Å². The van der Waals surface area contributed by atoms with Gasteiger partial charge in [0, 0.05) is 15.6 Å².